The zero-order valence-electron chi connectivity index (χ0n) is 16.3. The minimum Gasteiger partial charge on any atom is -0.382 e. The van der Waals surface area contributed by atoms with Gasteiger partial charge in [-0.2, -0.15) is 0 Å². The standard InChI is InChI=1S/C21H28N2O4/c1-4-26-12-8-11-23-20(24)18(17-9-6-5-7-10-17)19(21(23)25)22-13-15(2)27-16(3)14-22/h5-7,9-10,15-16H,4,8,11-14H2,1-3H3. The number of amides is 2. The second kappa shape index (κ2) is 8.67. The van der Waals surface area contributed by atoms with Gasteiger partial charge in [-0.25, -0.2) is 0 Å². The second-order valence-electron chi connectivity index (χ2n) is 7.06. The lowest BCUT2D eigenvalue weighted by Crippen LogP contribution is -2.47. The summed E-state index contributed by atoms with van der Waals surface area (Å²) in [6.07, 6.45) is 0.651. The smallest absolute Gasteiger partial charge is 0.277 e. The van der Waals surface area contributed by atoms with Gasteiger partial charge in [0, 0.05) is 32.8 Å². The van der Waals surface area contributed by atoms with E-state index in [2.05, 4.69) is 0 Å². The van der Waals surface area contributed by atoms with Gasteiger partial charge in [0.05, 0.1) is 17.8 Å². The van der Waals surface area contributed by atoms with Crippen molar-refractivity contribution < 1.29 is 19.1 Å². The van der Waals surface area contributed by atoms with Crippen LogP contribution < -0.4 is 0 Å². The number of hydrogen-bond acceptors (Lipinski definition) is 5. The van der Waals surface area contributed by atoms with Crippen molar-refractivity contribution in [2.24, 2.45) is 0 Å². The van der Waals surface area contributed by atoms with Gasteiger partial charge >= 0.3 is 0 Å². The molecule has 0 N–H and O–H groups in total. The van der Waals surface area contributed by atoms with E-state index < -0.39 is 0 Å². The van der Waals surface area contributed by atoms with Crippen LogP contribution in [-0.2, 0) is 19.1 Å². The topological polar surface area (TPSA) is 59.1 Å². The van der Waals surface area contributed by atoms with Crippen molar-refractivity contribution in [3.8, 4) is 0 Å². The number of benzene rings is 1. The Morgan fingerprint density at radius 1 is 1.07 bits per heavy atom. The van der Waals surface area contributed by atoms with E-state index in [0.29, 0.717) is 50.5 Å². The van der Waals surface area contributed by atoms with Crippen LogP contribution in [0.3, 0.4) is 0 Å². The molecule has 2 atom stereocenters. The van der Waals surface area contributed by atoms with Gasteiger partial charge in [0.1, 0.15) is 5.70 Å². The van der Waals surface area contributed by atoms with Gasteiger partial charge in [0.2, 0.25) is 0 Å². The Hall–Kier alpha value is -2.18. The predicted molar refractivity (Wildman–Crippen MR) is 103 cm³/mol. The normalized spacial score (nSPS) is 23.5. The largest absolute Gasteiger partial charge is 0.382 e. The molecule has 0 saturated carbocycles. The highest BCUT2D eigenvalue weighted by molar-refractivity contribution is 6.35. The zero-order chi connectivity index (χ0) is 19.4. The molecule has 0 aliphatic carbocycles. The van der Waals surface area contributed by atoms with Crippen LogP contribution in [0.2, 0.25) is 0 Å². The van der Waals surface area contributed by atoms with Gasteiger partial charge in [-0.1, -0.05) is 30.3 Å². The molecule has 0 bridgehead atoms. The van der Waals surface area contributed by atoms with E-state index in [9.17, 15) is 9.59 Å². The van der Waals surface area contributed by atoms with Crippen molar-refractivity contribution in [2.45, 2.75) is 39.4 Å². The van der Waals surface area contributed by atoms with Crippen molar-refractivity contribution in [1.82, 2.24) is 9.80 Å². The SMILES string of the molecule is CCOCCCN1C(=O)C(c2ccccc2)=C(N2CC(C)OC(C)C2)C1=O. The first-order chi connectivity index (χ1) is 13.0. The van der Waals surface area contributed by atoms with Crippen LogP contribution in [0.15, 0.2) is 36.0 Å². The first kappa shape index (κ1) is 19.6. The monoisotopic (exact) mass is 372 g/mol. The van der Waals surface area contributed by atoms with Gasteiger partial charge < -0.3 is 14.4 Å². The number of rotatable bonds is 7. The molecule has 146 valence electrons. The van der Waals surface area contributed by atoms with Crippen molar-refractivity contribution in [3.63, 3.8) is 0 Å². The van der Waals surface area contributed by atoms with E-state index >= 15 is 0 Å². The molecular formula is C21H28N2O4. The molecule has 27 heavy (non-hydrogen) atoms. The fourth-order valence-electron chi connectivity index (χ4n) is 3.75. The Bertz CT molecular complexity index is 706. The third kappa shape index (κ3) is 4.22. The maximum Gasteiger partial charge on any atom is 0.277 e. The van der Waals surface area contributed by atoms with Crippen LogP contribution in [-0.4, -0.2) is 66.7 Å². The van der Waals surface area contributed by atoms with E-state index in [-0.39, 0.29) is 24.0 Å². The molecule has 6 nitrogen and oxygen atoms in total. The van der Waals surface area contributed by atoms with Crippen LogP contribution in [0.4, 0.5) is 0 Å². The highest BCUT2D eigenvalue weighted by Crippen LogP contribution is 2.33. The Labute approximate surface area is 160 Å². The molecule has 2 amide bonds. The summed E-state index contributed by atoms with van der Waals surface area (Å²) in [5.41, 5.74) is 1.79. The third-order valence-electron chi connectivity index (χ3n) is 4.82. The molecule has 0 radical (unpaired) electrons. The molecule has 1 fully saturated rings. The second-order valence-corrected chi connectivity index (χ2v) is 7.06. The number of morpholine rings is 1. The lowest BCUT2D eigenvalue weighted by molar-refractivity contribution is -0.138. The highest BCUT2D eigenvalue weighted by Gasteiger charge is 2.42. The van der Waals surface area contributed by atoms with Crippen LogP contribution in [0.25, 0.3) is 5.57 Å². The van der Waals surface area contributed by atoms with E-state index in [1.54, 1.807) is 0 Å². The number of carbonyl (C=O) groups is 2. The Morgan fingerprint density at radius 3 is 2.37 bits per heavy atom. The molecule has 6 heteroatoms. The van der Waals surface area contributed by atoms with Gasteiger partial charge in [-0.15, -0.1) is 0 Å². The molecule has 3 rings (SSSR count). The molecule has 1 aromatic rings. The van der Waals surface area contributed by atoms with E-state index in [4.69, 9.17) is 9.47 Å². The first-order valence-corrected chi connectivity index (χ1v) is 9.67. The summed E-state index contributed by atoms with van der Waals surface area (Å²) >= 11 is 0. The summed E-state index contributed by atoms with van der Waals surface area (Å²) in [6.45, 7) is 8.65. The first-order valence-electron chi connectivity index (χ1n) is 9.67. The molecule has 2 aliphatic rings. The maximum atomic E-state index is 13.2. The van der Waals surface area contributed by atoms with Gasteiger partial charge in [-0.3, -0.25) is 14.5 Å². The summed E-state index contributed by atoms with van der Waals surface area (Å²) in [7, 11) is 0. The van der Waals surface area contributed by atoms with Gasteiger partial charge in [-0.05, 0) is 32.8 Å². The number of carbonyl (C=O) groups excluding carboxylic acids is 2. The molecule has 0 aromatic heterocycles. The third-order valence-corrected chi connectivity index (χ3v) is 4.82. The summed E-state index contributed by atoms with van der Waals surface area (Å²) in [6, 6.07) is 9.46. The lowest BCUT2D eigenvalue weighted by Gasteiger charge is -2.37. The van der Waals surface area contributed by atoms with E-state index in [0.717, 1.165) is 5.56 Å². The summed E-state index contributed by atoms with van der Waals surface area (Å²) in [5.74, 6) is -0.429. The number of ether oxygens (including phenoxy) is 2. The Morgan fingerprint density at radius 2 is 1.74 bits per heavy atom. The van der Waals surface area contributed by atoms with Crippen molar-refractivity contribution >= 4 is 17.4 Å². The summed E-state index contributed by atoms with van der Waals surface area (Å²) < 4.78 is 11.2. The molecule has 1 saturated heterocycles. The predicted octanol–water partition coefficient (Wildman–Crippen LogP) is 2.30. The molecule has 0 spiro atoms. The van der Waals surface area contributed by atoms with Crippen LogP contribution in [0.5, 0.6) is 0 Å². The molecule has 2 aliphatic heterocycles. The van der Waals surface area contributed by atoms with Crippen molar-refractivity contribution in [1.29, 1.82) is 0 Å². The summed E-state index contributed by atoms with van der Waals surface area (Å²) in [4.78, 5) is 29.7. The minimum atomic E-state index is -0.218. The molecule has 2 heterocycles. The number of nitrogens with zero attached hydrogens (tertiary/aromatic N) is 2. The quantitative estimate of drug-likeness (QED) is 0.543. The Kier molecular flexibility index (Phi) is 6.29. The molecule has 1 aromatic carbocycles. The fourth-order valence-corrected chi connectivity index (χ4v) is 3.75. The average molecular weight is 372 g/mol. The maximum absolute atomic E-state index is 13.2. The lowest BCUT2D eigenvalue weighted by atomic mass is 10.0. The van der Waals surface area contributed by atoms with Crippen LogP contribution in [0.1, 0.15) is 32.8 Å². The van der Waals surface area contributed by atoms with Crippen molar-refractivity contribution in [3.05, 3.63) is 41.6 Å². The molecular weight excluding hydrogens is 344 g/mol. The highest BCUT2D eigenvalue weighted by atomic mass is 16.5. The number of imide groups is 1. The van der Waals surface area contributed by atoms with Crippen LogP contribution in [0, 0.1) is 0 Å². The van der Waals surface area contributed by atoms with Gasteiger partial charge in [0.15, 0.2) is 0 Å². The van der Waals surface area contributed by atoms with E-state index in [1.807, 2.05) is 56.0 Å². The Balaban J connectivity index is 1.92. The average Bonchev–Trinajstić information content (AvgIpc) is 2.89. The fraction of sp³-hybridized carbons (Fsp3) is 0.524. The van der Waals surface area contributed by atoms with E-state index in [1.165, 1.54) is 4.90 Å². The summed E-state index contributed by atoms with van der Waals surface area (Å²) in [5, 5.41) is 0. The zero-order valence-corrected chi connectivity index (χ0v) is 16.3. The van der Waals surface area contributed by atoms with Crippen molar-refractivity contribution in [2.75, 3.05) is 32.8 Å². The van der Waals surface area contributed by atoms with Gasteiger partial charge in [0.25, 0.3) is 11.8 Å². The van der Waals surface area contributed by atoms with Crippen LogP contribution >= 0.6 is 0 Å². The molecule has 2 unspecified atom stereocenters. The number of hydrogen-bond donors (Lipinski definition) is 0. The minimum absolute atomic E-state index is 0.00757.